The lowest BCUT2D eigenvalue weighted by molar-refractivity contribution is 0.499. The molecule has 1 aromatic carbocycles. The van der Waals surface area contributed by atoms with Crippen molar-refractivity contribution in [3.05, 3.63) is 63.7 Å². The molecule has 0 amide bonds. The second kappa shape index (κ2) is 4.81. The van der Waals surface area contributed by atoms with Crippen LogP contribution in [0, 0.1) is 0 Å². The lowest BCUT2D eigenvalue weighted by atomic mass is 9.97. The van der Waals surface area contributed by atoms with Crippen LogP contribution in [0.4, 0.5) is 0 Å². The SMILES string of the molecule is NC1=c2ccncc2=CC(N)(Cc2ccc(Cl)cc2)N1. The minimum absolute atomic E-state index is 0.571. The minimum Gasteiger partial charge on any atom is -0.385 e. The van der Waals surface area contributed by atoms with Gasteiger partial charge in [-0.1, -0.05) is 23.7 Å². The molecule has 0 fully saturated rings. The predicted molar refractivity (Wildman–Crippen MR) is 80.8 cm³/mol. The first-order valence-corrected chi connectivity index (χ1v) is 6.68. The molecule has 3 rings (SSSR count). The van der Waals surface area contributed by atoms with Crippen LogP contribution in [0.2, 0.25) is 5.02 Å². The Morgan fingerprint density at radius 2 is 1.95 bits per heavy atom. The lowest BCUT2D eigenvalue weighted by Crippen LogP contribution is -2.60. The summed E-state index contributed by atoms with van der Waals surface area (Å²) >= 11 is 5.89. The van der Waals surface area contributed by atoms with Gasteiger partial charge in [-0.3, -0.25) is 4.98 Å². The second-order valence-electron chi connectivity index (χ2n) is 4.99. The molecule has 0 aliphatic carbocycles. The molecule has 0 radical (unpaired) electrons. The highest BCUT2D eigenvalue weighted by atomic mass is 35.5. The van der Waals surface area contributed by atoms with Gasteiger partial charge in [-0.25, -0.2) is 0 Å². The van der Waals surface area contributed by atoms with Crippen molar-refractivity contribution in [2.24, 2.45) is 11.5 Å². The fraction of sp³-hybridized carbons (Fsp3) is 0.133. The number of rotatable bonds is 2. The summed E-state index contributed by atoms with van der Waals surface area (Å²) in [5, 5.41) is 5.75. The molecule has 102 valence electrons. The molecule has 2 heterocycles. The Morgan fingerprint density at radius 3 is 2.70 bits per heavy atom. The van der Waals surface area contributed by atoms with Crippen LogP contribution in [0.15, 0.2) is 42.7 Å². The molecule has 20 heavy (non-hydrogen) atoms. The van der Waals surface area contributed by atoms with E-state index in [0.717, 1.165) is 16.0 Å². The first-order chi connectivity index (χ1) is 9.56. The standard InChI is InChI=1S/C15H15ClN4/c16-12-3-1-10(2-4-12)7-15(18)8-11-9-19-6-5-13(11)14(17)20-15/h1-6,8-9,20H,7,17-18H2. The van der Waals surface area contributed by atoms with Gasteiger partial charge in [-0.05, 0) is 29.8 Å². The predicted octanol–water partition coefficient (Wildman–Crippen LogP) is 0.0408. The molecule has 0 saturated carbocycles. The molecule has 1 atom stereocenters. The van der Waals surface area contributed by atoms with Crippen LogP contribution in [-0.2, 0) is 6.42 Å². The summed E-state index contributed by atoms with van der Waals surface area (Å²) in [7, 11) is 0. The van der Waals surface area contributed by atoms with Crippen molar-refractivity contribution in [2.45, 2.75) is 12.1 Å². The third kappa shape index (κ3) is 2.48. The van der Waals surface area contributed by atoms with Crippen LogP contribution in [0.25, 0.3) is 11.9 Å². The molecular weight excluding hydrogens is 272 g/mol. The Kier molecular flexibility index (Phi) is 3.12. The number of nitrogens with one attached hydrogen (secondary N) is 1. The summed E-state index contributed by atoms with van der Waals surface area (Å²) in [6, 6.07) is 9.50. The van der Waals surface area contributed by atoms with Gasteiger partial charge in [0.2, 0.25) is 0 Å². The van der Waals surface area contributed by atoms with Gasteiger partial charge in [0.05, 0.1) is 0 Å². The van der Waals surface area contributed by atoms with E-state index in [-0.39, 0.29) is 0 Å². The number of nitrogens with two attached hydrogens (primary N) is 2. The first kappa shape index (κ1) is 13.0. The Hall–Kier alpha value is -2.04. The van der Waals surface area contributed by atoms with Gasteiger partial charge < -0.3 is 16.8 Å². The van der Waals surface area contributed by atoms with Gasteiger partial charge in [0.25, 0.3) is 0 Å². The summed E-state index contributed by atoms with van der Waals surface area (Å²) in [5.41, 5.74) is 12.8. The summed E-state index contributed by atoms with van der Waals surface area (Å²) < 4.78 is 0. The van der Waals surface area contributed by atoms with E-state index < -0.39 is 5.66 Å². The molecular formula is C15H15ClN4. The van der Waals surface area contributed by atoms with Gasteiger partial charge in [-0.2, -0.15) is 0 Å². The number of halogens is 1. The average Bonchev–Trinajstić information content (AvgIpc) is 2.41. The van der Waals surface area contributed by atoms with Crippen molar-refractivity contribution in [1.29, 1.82) is 0 Å². The van der Waals surface area contributed by atoms with E-state index in [1.54, 1.807) is 12.4 Å². The second-order valence-corrected chi connectivity index (χ2v) is 5.43. The molecule has 4 nitrogen and oxygen atoms in total. The summed E-state index contributed by atoms with van der Waals surface area (Å²) in [5.74, 6) is 0.571. The van der Waals surface area contributed by atoms with Crippen molar-refractivity contribution in [2.75, 3.05) is 0 Å². The third-order valence-corrected chi connectivity index (χ3v) is 3.58. The van der Waals surface area contributed by atoms with Crippen molar-refractivity contribution >= 4 is 23.5 Å². The number of fused-ring (bicyclic) bond motifs is 1. The highest BCUT2D eigenvalue weighted by Crippen LogP contribution is 2.15. The van der Waals surface area contributed by atoms with Crippen molar-refractivity contribution in [3.63, 3.8) is 0 Å². The van der Waals surface area contributed by atoms with Gasteiger partial charge in [0.15, 0.2) is 0 Å². The Balaban J connectivity index is 1.99. The largest absolute Gasteiger partial charge is 0.385 e. The highest BCUT2D eigenvalue weighted by Gasteiger charge is 2.25. The van der Waals surface area contributed by atoms with E-state index >= 15 is 0 Å². The van der Waals surface area contributed by atoms with Crippen molar-refractivity contribution in [3.8, 4) is 0 Å². The fourth-order valence-electron chi connectivity index (χ4n) is 2.43. The van der Waals surface area contributed by atoms with E-state index in [9.17, 15) is 0 Å². The summed E-state index contributed by atoms with van der Waals surface area (Å²) in [6.45, 7) is 0. The van der Waals surface area contributed by atoms with Gasteiger partial charge >= 0.3 is 0 Å². The Morgan fingerprint density at radius 1 is 1.20 bits per heavy atom. The quantitative estimate of drug-likeness (QED) is 0.729. The Bertz CT molecular complexity index is 754. The first-order valence-electron chi connectivity index (χ1n) is 6.30. The fourth-order valence-corrected chi connectivity index (χ4v) is 2.56. The molecule has 0 saturated heterocycles. The number of aromatic nitrogens is 1. The van der Waals surface area contributed by atoms with Gasteiger partial charge in [-0.15, -0.1) is 0 Å². The van der Waals surface area contributed by atoms with Gasteiger partial charge in [0, 0.05) is 34.3 Å². The molecule has 0 bridgehead atoms. The zero-order valence-electron chi connectivity index (χ0n) is 10.8. The molecule has 0 spiro atoms. The summed E-state index contributed by atoms with van der Waals surface area (Å²) in [6.07, 6.45) is 6.05. The van der Waals surface area contributed by atoms with Gasteiger partial charge in [0.1, 0.15) is 11.5 Å². The number of nitrogens with zero attached hydrogens (tertiary/aromatic N) is 1. The highest BCUT2D eigenvalue weighted by molar-refractivity contribution is 6.30. The zero-order valence-corrected chi connectivity index (χ0v) is 11.6. The number of hydrogen-bond donors (Lipinski definition) is 3. The maximum Gasteiger partial charge on any atom is 0.111 e. The summed E-state index contributed by atoms with van der Waals surface area (Å²) in [4.78, 5) is 4.12. The van der Waals surface area contributed by atoms with E-state index in [1.807, 2.05) is 36.4 Å². The van der Waals surface area contributed by atoms with Crippen molar-refractivity contribution in [1.82, 2.24) is 10.3 Å². The minimum atomic E-state index is -0.728. The van der Waals surface area contributed by atoms with Crippen LogP contribution in [0.3, 0.4) is 0 Å². The molecule has 5 N–H and O–H groups in total. The van der Waals surface area contributed by atoms with E-state index in [4.69, 9.17) is 23.1 Å². The third-order valence-electron chi connectivity index (χ3n) is 3.33. The molecule has 1 aromatic heterocycles. The van der Waals surface area contributed by atoms with Crippen molar-refractivity contribution < 1.29 is 0 Å². The van der Waals surface area contributed by atoms with Crippen LogP contribution in [-0.4, -0.2) is 10.6 Å². The Labute approximate surface area is 121 Å². The van der Waals surface area contributed by atoms with E-state index in [0.29, 0.717) is 17.3 Å². The average molecular weight is 287 g/mol. The topological polar surface area (TPSA) is 77.0 Å². The van der Waals surface area contributed by atoms with Crippen LogP contribution < -0.4 is 27.2 Å². The zero-order chi connectivity index (χ0) is 14.2. The van der Waals surface area contributed by atoms with E-state index in [2.05, 4.69) is 10.3 Å². The molecule has 2 aromatic rings. The smallest absolute Gasteiger partial charge is 0.111 e. The molecule has 1 unspecified atom stereocenters. The monoisotopic (exact) mass is 286 g/mol. The van der Waals surface area contributed by atoms with Crippen LogP contribution in [0.1, 0.15) is 5.56 Å². The lowest BCUT2D eigenvalue weighted by Gasteiger charge is -2.31. The number of pyridine rings is 1. The van der Waals surface area contributed by atoms with Crippen LogP contribution in [0.5, 0.6) is 0 Å². The molecule has 1 aliphatic rings. The maximum atomic E-state index is 6.41. The normalized spacial score (nSPS) is 20.8. The number of hydrogen-bond acceptors (Lipinski definition) is 4. The maximum absolute atomic E-state index is 6.41. The molecule has 5 heteroatoms. The van der Waals surface area contributed by atoms with E-state index in [1.165, 1.54) is 0 Å². The van der Waals surface area contributed by atoms with Crippen LogP contribution >= 0.6 is 11.6 Å². The number of benzene rings is 1. The molecule has 1 aliphatic heterocycles.